The van der Waals surface area contributed by atoms with Crippen molar-refractivity contribution < 1.29 is 38.4 Å². The van der Waals surface area contributed by atoms with E-state index in [0.29, 0.717) is 5.56 Å². The zero-order chi connectivity index (χ0) is 21.0. The molecule has 0 unspecified atom stereocenters. The summed E-state index contributed by atoms with van der Waals surface area (Å²) in [5, 5.41) is 10.4. The van der Waals surface area contributed by atoms with Crippen molar-refractivity contribution in [3.05, 3.63) is 60.2 Å². The molecular weight excluding hydrogens is 380 g/mol. The molecule has 8 nitrogen and oxygen atoms in total. The molecule has 0 amide bonds. The summed E-state index contributed by atoms with van der Waals surface area (Å²) >= 11 is 0. The molecule has 154 valence electrons. The van der Waals surface area contributed by atoms with Gasteiger partial charge in [0, 0.05) is 13.0 Å². The Kier molecular flexibility index (Phi) is 6.46. The molecule has 3 rings (SSSR count). The van der Waals surface area contributed by atoms with Crippen LogP contribution in [0.1, 0.15) is 24.2 Å². The first-order chi connectivity index (χ1) is 13.8. The van der Waals surface area contributed by atoms with Gasteiger partial charge < -0.3 is 24.1 Å². The Morgan fingerprint density at radius 1 is 1.21 bits per heavy atom. The molecule has 29 heavy (non-hydrogen) atoms. The first kappa shape index (κ1) is 20.8. The molecule has 2 heterocycles. The Hall–Kier alpha value is -2.97. The lowest BCUT2D eigenvalue weighted by Crippen LogP contribution is -2.38. The third-order valence-corrected chi connectivity index (χ3v) is 4.54. The van der Waals surface area contributed by atoms with Gasteiger partial charge in [0.1, 0.15) is 24.4 Å². The first-order valence-corrected chi connectivity index (χ1v) is 9.19. The van der Waals surface area contributed by atoms with E-state index >= 15 is 0 Å². The van der Waals surface area contributed by atoms with Gasteiger partial charge in [0.2, 0.25) is 0 Å². The SMILES string of the molecule is CC(=O)O[C@H](C)[C@H](C=C[C@@H]1O[C@@H]2C=CC(=O)O[C@@H]2[C@@H]1O)OC(=O)c1ccccc1. The Morgan fingerprint density at radius 2 is 1.93 bits per heavy atom. The molecule has 0 aliphatic carbocycles. The second-order valence-corrected chi connectivity index (χ2v) is 6.75. The molecule has 6 atom stereocenters. The van der Waals surface area contributed by atoms with Gasteiger partial charge in [0.05, 0.1) is 5.56 Å². The van der Waals surface area contributed by atoms with E-state index in [2.05, 4.69) is 0 Å². The highest BCUT2D eigenvalue weighted by Gasteiger charge is 2.45. The van der Waals surface area contributed by atoms with Crippen LogP contribution in [0.4, 0.5) is 0 Å². The molecule has 0 saturated carbocycles. The van der Waals surface area contributed by atoms with Gasteiger partial charge in [0.25, 0.3) is 0 Å². The predicted molar refractivity (Wildman–Crippen MR) is 99.7 cm³/mol. The van der Waals surface area contributed by atoms with Gasteiger partial charge in [-0.25, -0.2) is 9.59 Å². The number of esters is 3. The summed E-state index contributed by atoms with van der Waals surface area (Å²) in [5.41, 5.74) is 0.348. The summed E-state index contributed by atoms with van der Waals surface area (Å²) in [5.74, 6) is -1.65. The van der Waals surface area contributed by atoms with Crippen LogP contribution in [0, 0.1) is 0 Å². The zero-order valence-corrected chi connectivity index (χ0v) is 16.0. The predicted octanol–water partition coefficient (Wildman–Crippen LogP) is 1.33. The second kappa shape index (κ2) is 9.02. The maximum absolute atomic E-state index is 12.4. The molecule has 0 spiro atoms. The van der Waals surface area contributed by atoms with Crippen LogP contribution in [0.25, 0.3) is 0 Å². The normalized spacial score (nSPS) is 27.8. The highest BCUT2D eigenvalue weighted by Crippen LogP contribution is 2.28. The number of hydrogen-bond donors (Lipinski definition) is 1. The standard InChI is InChI=1S/C21H22O8/c1-12(26-13(2)22)15(28-21(25)14-6-4-3-5-7-14)8-9-16-19(24)20-17(27-16)10-11-18(23)29-20/h3-12,15-17,19-20,24H,1-2H3/t12-,15+,16+,17-,19-,20+/m1/s1. The minimum Gasteiger partial charge on any atom is -0.459 e. The summed E-state index contributed by atoms with van der Waals surface area (Å²) in [4.78, 5) is 35.1. The fraction of sp³-hybridized carbons (Fsp3) is 0.381. The molecular formula is C21H22O8. The van der Waals surface area contributed by atoms with E-state index < -0.39 is 54.5 Å². The number of ether oxygens (including phenoxy) is 4. The van der Waals surface area contributed by atoms with E-state index in [1.807, 2.05) is 0 Å². The number of hydrogen-bond acceptors (Lipinski definition) is 8. The quantitative estimate of drug-likeness (QED) is 0.431. The largest absolute Gasteiger partial charge is 0.459 e. The topological polar surface area (TPSA) is 108 Å². The molecule has 1 saturated heterocycles. The number of rotatable bonds is 6. The van der Waals surface area contributed by atoms with Crippen molar-refractivity contribution in [3.8, 4) is 0 Å². The number of carbonyl (C=O) groups is 3. The van der Waals surface area contributed by atoms with Crippen molar-refractivity contribution in [1.29, 1.82) is 0 Å². The van der Waals surface area contributed by atoms with Gasteiger partial charge in [-0.1, -0.05) is 24.3 Å². The molecule has 1 fully saturated rings. The molecule has 1 aromatic carbocycles. The number of benzene rings is 1. The minimum atomic E-state index is -1.08. The van der Waals surface area contributed by atoms with Gasteiger partial charge in [0.15, 0.2) is 12.2 Å². The van der Waals surface area contributed by atoms with E-state index in [1.54, 1.807) is 37.3 Å². The number of aliphatic hydroxyl groups is 1. The third kappa shape index (κ3) is 5.10. The monoisotopic (exact) mass is 402 g/mol. The van der Waals surface area contributed by atoms with Crippen LogP contribution < -0.4 is 0 Å². The first-order valence-electron chi connectivity index (χ1n) is 9.19. The maximum atomic E-state index is 12.4. The molecule has 0 aromatic heterocycles. The summed E-state index contributed by atoms with van der Waals surface area (Å²) in [6, 6.07) is 8.39. The van der Waals surface area contributed by atoms with Crippen molar-refractivity contribution in [3.63, 3.8) is 0 Å². The molecule has 0 radical (unpaired) electrons. The number of aliphatic hydroxyl groups excluding tert-OH is 1. The second-order valence-electron chi connectivity index (χ2n) is 6.75. The minimum absolute atomic E-state index is 0.348. The number of fused-ring (bicyclic) bond motifs is 1. The van der Waals surface area contributed by atoms with E-state index in [-0.39, 0.29) is 0 Å². The lowest BCUT2D eigenvalue weighted by Gasteiger charge is -2.22. The van der Waals surface area contributed by atoms with Gasteiger partial charge in [-0.15, -0.1) is 0 Å². The van der Waals surface area contributed by atoms with Crippen LogP contribution in [-0.2, 0) is 28.5 Å². The molecule has 0 bridgehead atoms. The van der Waals surface area contributed by atoms with E-state index in [0.717, 1.165) is 0 Å². The molecule has 1 aromatic rings. The Labute approximate surface area is 167 Å². The zero-order valence-electron chi connectivity index (χ0n) is 16.0. The van der Waals surface area contributed by atoms with E-state index in [4.69, 9.17) is 18.9 Å². The van der Waals surface area contributed by atoms with Crippen LogP contribution in [0.2, 0.25) is 0 Å². The molecule has 2 aliphatic rings. The van der Waals surface area contributed by atoms with Crippen molar-refractivity contribution in [2.24, 2.45) is 0 Å². The highest BCUT2D eigenvalue weighted by atomic mass is 16.6. The van der Waals surface area contributed by atoms with Gasteiger partial charge in [-0.3, -0.25) is 4.79 Å². The lowest BCUT2D eigenvalue weighted by atomic mass is 10.0. The molecule has 8 heteroatoms. The maximum Gasteiger partial charge on any atom is 0.338 e. The van der Waals surface area contributed by atoms with Crippen LogP contribution in [0.15, 0.2) is 54.6 Å². The Morgan fingerprint density at radius 3 is 2.62 bits per heavy atom. The average molecular weight is 402 g/mol. The van der Waals surface area contributed by atoms with Crippen LogP contribution in [0.5, 0.6) is 0 Å². The third-order valence-electron chi connectivity index (χ3n) is 4.54. The lowest BCUT2D eigenvalue weighted by molar-refractivity contribution is -0.150. The van der Waals surface area contributed by atoms with Crippen molar-refractivity contribution in [2.75, 3.05) is 0 Å². The Balaban J connectivity index is 1.72. The summed E-state index contributed by atoms with van der Waals surface area (Å²) in [6.07, 6.45) is 0.848. The molecule has 1 N–H and O–H groups in total. The summed E-state index contributed by atoms with van der Waals surface area (Å²) in [7, 11) is 0. The highest BCUT2D eigenvalue weighted by molar-refractivity contribution is 5.89. The van der Waals surface area contributed by atoms with Crippen molar-refractivity contribution >= 4 is 17.9 Å². The Bertz CT molecular complexity index is 815. The van der Waals surface area contributed by atoms with Crippen LogP contribution in [-0.4, -0.2) is 59.6 Å². The van der Waals surface area contributed by atoms with Crippen LogP contribution in [0.3, 0.4) is 0 Å². The molecule has 2 aliphatic heterocycles. The van der Waals surface area contributed by atoms with Crippen molar-refractivity contribution in [2.45, 2.75) is 50.5 Å². The van der Waals surface area contributed by atoms with Crippen LogP contribution >= 0.6 is 0 Å². The van der Waals surface area contributed by atoms with E-state index in [1.165, 1.54) is 31.2 Å². The van der Waals surface area contributed by atoms with Gasteiger partial charge >= 0.3 is 17.9 Å². The van der Waals surface area contributed by atoms with Gasteiger partial charge in [-0.05, 0) is 31.2 Å². The fourth-order valence-corrected chi connectivity index (χ4v) is 3.12. The van der Waals surface area contributed by atoms with Crippen molar-refractivity contribution in [1.82, 2.24) is 0 Å². The summed E-state index contributed by atoms with van der Waals surface area (Å²) < 4.78 is 21.4. The smallest absolute Gasteiger partial charge is 0.338 e. The summed E-state index contributed by atoms with van der Waals surface area (Å²) in [6.45, 7) is 2.84. The van der Waals surface area contributed by atoms with E-state index in [9.17, 15) is 19.5 Å². The average Bonchev–Trinajstić information content (AvgIpc) is 3.00. The number of carbonyl (C=O) groups excluding carboxylic acids is 3. The van der Waals surface area contributed by atoms with Gasteiger partial charge in [-0.2, -0.15) is 0 Å². The fourth-order valence-electron chi connectivity index (χ4n) is 3.12.